The van der Waals surface area contributed by atoms with Gasteiger partial charge in [-0.1, -0.05) is 31.5 Å². The maximum absolute atomic E-state index is 12.5. The second kappa shape index (κ2) is 11.2. The number of hydrogen-bond donors (Lipinski definition) is 1. The van der Waals surface area contributed by atoms with E-state index in [1.807, 2.05) is 43.9 Å². The molecule has 1 aromatic rings. The summed E-state index contributed by atoms with van der Waals surface area (Å²) in [5, 5.41) is 3.06. The lowest BCUT2D eigenvalue weighted by atomic mass is 10.1. The lowest BCUT2D eigenvalue weighted by Gasteiger charge is -2.35. The number of anilines is 1. The van der Waals surface area contributed by atoms with Gasteiger partial charge < -0.3 is 10.2 Å². The number of likely N-dealkylation sites (N-methyl/N-ethyl adjacent to an activating group) is 1. The molecule has 2 amide bonds. The zero-order valence-electron chi connectivity index (χ0n) is 18.0. The summed E-state index contributed by atoms with van der Waals surface area (Å²) in [7, 11) is 0. The molecule has 0 saturated carbocycles. The summed E-state index contributed by atoms with van der Waals surface area (Å²) in [5.74, 6) is 0.246. The number of para-hydroxylation sites is 1. The molecule has 6 heteroatoms. The number of benzene rings is 1. The number of nitrogens with zero attached hydrogens (tertiary/aromatic N) is 3. The maximum Gasteiger partial charge on any atom is 0.238 e. The predicted octanol–water partition coefficient (Wildman–Crippen LogP) is 2.51. The molecule has 0 unspecified atom stereocenters. The molecule has 0 spiro atoms. The zero-order valence-corrected chi connectivity index (χ0v) is 18.0. The van der Waals surface area contributed by atoms with E-state index in [2.05, 4.69) is 22.0 Å². The van der Waals surface area contributed by atoms with Gasteiger partial charge in [-0.15, -0.1) is 0 Å². The van der Waals surface area contributed by atoms with Crippen molar-refractivity contribution in [3.05, 3.63) is 29.3 Å². The molecule has 0 aliphatic carbocycles. The number of unbranched alkanes of at least 4 members (excludes halogenated alkanes) is 1. The zero-order chi connectivity index (χ0) is 20.5. The van der Waals surface area contributed by atoms with Gasteiger partial charge in [0.15, 0.2) is 0 Å². The number of piperazine rings is 1. The van der Waals surface area contributed by atoms with Crippen LogP contribution in [0.5, 0.6) is 0 Å². The van der Waals surface area contributed by atoms with Crippen LogP contribution in [0.15, 0.2) is 18.2 Å². The minimum Gasteiger partial charge on any atom is -0.342 e. The Hall–Kier alpha value is -1.92. The third kappa shape index (κ3) is 6.60. The molecule has 1 aromatic carbocycles. The topological polar surface area (TPSA) is 55.9 Å². The first-order chi connectivity index (χ1) is 13.4. The summed E-state index contributed by atoms with van der Waals surface area (Å²) in [5.41, 5.74) is 3.09. The van der Waals surface area contributed by atoms with Crippen molar-refractivity contribution in [3.8, 4) is 0 Å². The Morgan fingerprint density at radius 2 is 1.57 bits per heavy atom. The molecule has 0 aromatic heterocycles. The highest BCUT2D eigenvalue weighted by Crippen LogP contribution is 2.19. The summed E-state index contributed by atoms with van der Waals surface area (Å²) >= 11 is 0. The molecule has 1 saturated heterocycles. The van der Waals surface area contributed by atoms with Crippen molar-refractivity contribution in [1.82, 2.24) is 14.7 Å². The number of nitrogens with one attached hydrogen (secondary N) is 1. The third-order valence-corrected chi connectivity index (χ3v) is 5.45. The van der Waals surface area contributed by atoms with Crippen molar-refractivity contribution in [2.24, 2.45) is 0 Å². The van der Waals surface area contributed by atoms with E-state index in [1.165, 1.54) is 0 Å². The van der Waals surface area contributed by atoms with E-state index in [4.69, 9.17) is 0 Å². The molecule has 1 aliphatic heterocycles. The minimum absolute atomic E-state index is 0.0265. The van der Waals surface area contributed by atoms with E-state index in [0.29, 0.717) is 13.1 Å². The molecule has 1 heterocycles. The Balaban J connectivity index is 1.76. The summed E-state index contributed by atoms with van der Waals surface area (Å²) in [6.07, 6.45) is 2.16. The van der Waals surface area contributed by atoms with Crippen molar-refractivity contribution < 1.29 is 9.59 Å². The number of carbonyl (C=O) groups is 2. The Bertz CT molecular complexity index is 634. The standard InChI is InChI=1S/C22H36N4O2/c1-5-7-11-26(6-2)21(28)17-25-14-12-24(13-15-25)16-20(27)23-22-18(3)9-8-10-19(22)4/h8-10H,5-7,11-17H2,1-4H3,(H,23,27). The van der Waals surface area contributed by atoms with Gasteiger partial charge in [-0.05, 0) is 38.3 Å². The van der Waals surface area contributed by atoms with Gasteiger partial charge in [0, 0.05) is 45.0 Å². The summed E-state index contributed by atoms with van der Waals surface area (Å²) in [6.45, 7) is 14.0. The van der Waals surface area contributed by atoms with Gasteiger partial charge >= 0.3 is 0 Å². The van der Waals surface area contributed by atoms with Crippen LogP contribution >= 0.6 is 0 Å². The smallest absolute Gasteiger partial charge is 0.238 e. The molecular weight excluding hydrogens is 352 g/mol. The van der Waals surface area contributed by atoms with Gasteiger partial charge in [0.25, 0.3) is 0 Å². The first-order valence-corrected chi connectivity index (χ1v) is 10.5. The van der Waals surface area contributed by atoms with E-state index in [0.717, 1.165) is 68.9 Å². The lowest BCUT2D eigenvalue weighted by Crippen LogP contribution is -2.51. The van der Waals surface area contributed by atoms with Gasteiger partial charge in [-0.2, -0.15) is 0 Å². The fourth-order valence-electron chi connectivity index (χ4n) is 3.60. The van der Waals surface area contributed by atoms with Crippen LogP contribution in [-0.4, -0.2) is 78.9 Å². The van der Waals surface area contributed by atoms with Crippen molar-refractivity contribution in [1.29, 1.82) is 0 Å². The molecular formula is C22H36N4O2. The van der Waals surface area contributed by atoms with Gasteiger partial charge in [0.1, 0.15) is 0 Å². The molecule has 1 aliphatic rings. The number of carbonyl (C=O) groups excluding carboxylic acids is 2. The molecule has 0 atom stereocenters. The second-order valence-electron chi connectivity index (χ2n) is 7.69. The van der Waals surface area contributed by atoms with Crippen molar-refractivity contribution in [2.75, 3.05) is 57.7 Å². The fourth-order valence-corrected chi connectivity index (χ4v) is 3.60. The van der Waals surface area contributed by atoms with Crippen LogP contribution < -0.4 is 5.32 Å². The normalized spacial score (nSPS) is 15.4. The monoisotopic (exact) mass is 388 g/mol. The molecule has 6 nitrogen and oxygen atoms in total. The van der Waals surface area contributed by atoms with Crippen molar-refractivity contribution in [3.63, 3.8) is 0 Å². The quantitative estimate of drug-likeness (QED) is 0.706. The Morgan fingerprint density at radius 3 is 2.11 bits per heavy atom. The fraction of sp³-hybridized carbons (Fsp3) is 0.636. The SMILES string of the molecule is CCCCN(CC)C(=O)CN1CCN(CC(=O)Nc2c(C)cccc2C)CC1. The maximum atomic E-state index is 12.5. The van der Waals surface area contributed by atoms with Gasteiger partial charge in [0.2, 0.25) is 11.8 Å². The van der Waals surface area contributed by atoms with Gasteiger partial charge in [-0.25, -0.2) is 0 Å². The van der Waals surface area contributed by atoms with E-state index in [-0.39, 0.29) is 11.8 Å². The van der Waals surface area contributed by atoms with Crippen LogP contribution in [0.4, 0.5) is 5.69 Å². The highest BCUT2D eigenvalue weighted by Gasteiger charge is 2.22. The van der Waals surface area contributed by atoms with Crippen LogP contribution in [0.1, 0.15) is 37.8 Å². The second-order valence-corrected chi connectivity index (χ2v) is 7.69. The predicted molar refractivity (Wildman–Crippen MR) is 115 cm³/mol. The largest absolute Gasteiger partial charge is 0.342 e. The lowest BCUT2D eigenvalue weighted by molar-refractivity contribution is -0.133. The van der Waals surface area contributed by atoms with E-state index >= 15 is 0 Å². The van der Waals surface area contributed by atoms with E-state index in [9.17, 15) is 9.59 Å². The molecule has 0 radical (unpaired) electrons. The van der Waals surface area contributed by atoms with Gasteiger partial charge in [-0.3, -0.25) is 19.4 Å². The average Bonchev–Trinajstić information content (AvgIpc) is 2.67. The summed E-state index contributed by atoms with van der Waals surface area (Å²) < 4.78 is 0. The third-order valence-electron chi connectivity index (χ3n) is 5.45. The summed E-state index contributed by atoms with van der Waals surface area (Å²) in [4.78, 5) is 31.2. The minimum atomic E-state index is 0.0265. The highest BCUT2D eigenvalue weighted by molar-refractivity contribution is 5.93. The van der Waals surface area contributed by atoms with E-state index < -0.39 is 0 Å². The summed E-state index contributed by atoms with van der Waals surface area (Å²) in [6, 6.07) is 6.03. The van der Waals surface area contributed by atoms with Crippen molar-refractivity contribution in [2.45, 2.75) is 40.5 Å². The molecule has 1 N–H and O–H groups in total. The molecule has 28 heavy (non-hydrogen) atoms. The molecule has 1 fully saturated rings. The Morgan fingerprint density at radius 1 is 1.00 bits per heavy atom. The Labute approximate surface area is 169 Å². The highest BCUT2D eigenvalue weighted by atomic mass is 16.2. The first kappa shape index (κ1) is 22.4. The average molecular weight is 389 g/mol. The first-order valence-electron chi connectivity index (χ1n) is 10.5. The van der Waals surface area contributed by atoms with E-state index in [1.54, 1.807) is 0 Å². The van der Waals surface area contributed by atoms with Crippen molar-refractivity contribution >= 4 is 17.5 Å². The molecule has 0 bridgehead atoms. The Kier molecular flexibility index (Phi) is 8.93. The number of rotatable bonds is 9. The number of hydrogen-bond acceptors (Lipinski definition) is 4. The molecule has 2 rings (SSSR count). The molecule has 156 valence electrons. The van der Waals surface area contributed by atoms with Crippen LogP contribution in [-0.2, 0) is 9.59 Å². The number of aryl methyl sites for hydroxylation is 2. The van der Waals surface area contributed by atoms with Crippen LogP contribution in [0.25, 0.3) is 0 Å². The number of amides is 2. The van der Waals surface area contributed by atoms with Crippen LogP contribution in [0, 0.1) is 13.8 Å². The van der Waals surface area contributed by atoms with Gasteiger partial charge in [0.05, 0.1) is 13.1 Å². The van der Waals surface area contributed by atoms with Crippen LogP contribution in [0.2, 0.25) is 0 Å². The van der Waals surface area contributed by atoms with Crippen LogP contribution in [0.3, 0.4) is 0 Å².